The van der Waals surface area contributed by atoms with Crippen LogP contribution in [0, 0.1) is 6.92 Å². The molecule has 0 unspecified atom stereocenters. The minimum absolute atomic E-state index is 0.0665. The largest absolute Gasteiger partial charge is 0.346 e. The van der Waals surface area contributed by atoms with Gasteiger partial charge in [0.25, 0.3) is 0 Å². The summed E-state index contributed by atoms with van der Waals surface area (Å²) >= 11 is 0. The molecule has 0 aliphatic carbocycles. The summed E-state index contributed by atoms with van der Waals surface area (Å²) in [5.74, 6) is 1.47. The molecule has 6 heteroatoms. The van der Waals surface area contributed by atoms with Crippen LogP contribution >= 0.6 is 0 Å². The van der Waals surface area contributed by atoms with Gasteiger partial charge in [-0.1, -0.05) is 0 Å². The van der Waals surface area contributed by atoms with E-state index in [1.807, 2.05) is 13.8 Å². The van der Waals surface area contributed by atoms with Gasteiger partial charge < -0.3 is 10.2 Å². The molecule has 1 aromatic rings. The molecular formula is C12H21N5O. The first-order valence-corrected chi connectivity index (χ1v) is 6.56. The number of rotatable bonds is 5. The Bertz CT molecular complexity index is 397. The molecular weight excluding hydrogens is 230 g/mol. The Kier molecular flexibility index (Phi) is 4.30. The van der Waals surface area contributed by atoms with Gasteiger partial charge in [-0.15, -0.1) is 0 Å². The summed E-state index contributed by atoms with van der Waals surface area (Å²) in [4.78, 5) is 18.3. The van der Waals surface area contributed by atoms with E-state index in [9.17, 15) is 4.79 Å². The van der Waals surface area contributed by atoms with Gasteiger partial charge in [-0.2, -0.15) is 5.10 Å². The molecule has 1 atom stereocenters. The Hall–Kier alpha value is -1.43. The van der Waals surface area contributed by atoms with Crippen LogP contribution in [0.15, 0.2) is 0 Å². The first kappa shape index (κ1) is 13.0. The number of aryl methyl sites for hydroxylation is 1. The van der Waals surface area contributed by atoms with Crippen LogP contribution in [-0.2, 0) is 4.79 Å². The van der Waals surface area contributed by atoms with Gasteiger partial charge in [0.2, 0.25) is 5.91 Å². The minimum Gasteiger partial charge on any atom is -0.346 e. The third-order valence-electron chi connectivity index (χ3n) is 3.23. The molecule has 1 aliphatic rings. The second-order valence-corrected chi connectivity index (χ2v) is 4.87. The van der Waals surface area contributed by atoms with Gasteiger partial charge in [0, 0.05) is 13.0 Å². The highest BCUT2D eigenvalue weighted by Gasteiger charge is 2.16. The molecule has 1 aromatic heterocycles. The zero-order valence-corrected chi connectivity index (χ0v) is 11.1. The number of aromatic amines is 1. The number of likely N-dealkylation sites (tertiary alicyclic amines) is 1. The van der Waals surface area contributed by atoms with Crippen LogP contribution in [-0.4, -0.2) is 45.6 Å². The van der Waals surface area contributed by atoms with Crippen LogP contribution in [0.5, 0.6) is 0 Å². The van der Waals surface area contributed by atoms with E-state index >= 15 is 0 Å². The standard InChI is InChI=1S/C12H21N5O/c1-9(12-14-10(2)15-16-12)13-11(18)5-8-17-6-3-4-7-17/h9H,3-8H2,1-2H3,(H,13,18)(H,14,15,16)/t9-/m1/s1. The monoisotopic (exact) mass is 251 g/mol. The Morgan fingerprint density at radius 3 is 2.83 bits per heavy atom. The summed E-state index contributed by atoms with van der Waals surface area (Å²) in [6.07, 6.45) is 3.07. The van der Waals surface area contributed by atoms with Gasteiger partial charge in [-0.3, -0.25) is 9.89 Å². The Morgan fingerprint density at radius 2 is 2.22 bits per heavy atom. The van der Waals surface area contributed by atoms with Crippen molar-refractivity contribution in [3.8, 4) is 0 Å². The second kappa shape index (κ2) is 5.95. The highest BCUT2D eigenvalue weighted by atomic mass is 16.1. The van der Waals surface area contributed by atoms with Crippen molar-refractivity contribution >= 4 is 5.91 Å². The van der Waals surface area contributed by atoms with Gasteiger partial charge in [0.05, 0.1) is 6.04 Å². The molecule has 100 valence electrons. The summed E-state index contributed by atoms with van der Waals surface area (Å²) in [5, 5.41) is 9.75. The number of amides is 1. The van der Waals surface area contributed by atoms with Crippen molar-refractivity contribution in [3.63, 3.8) is 0 Å². The van der Waals surface area contributed by atoms with Crippen LogP contribution in [0.4, 0.5) is 0 Å². The van der Waals surface area contributed by atoms with E-state index in [0.29, 0.717) is 12.2 Å². The van der Waals surface area contributed by atoms with Crippen LogP contribution in [0.1, 0.15) is 43.9 Å². The summed E-state index contributed by atoms with van der Waals surface area (Å²) < 4.78 is 0. The number of aromatic nitrogens is 3. The van der Waals surface area contributed by atoms with E-state index in [4.69, 9.17) is 0 Å². The zero-order chi connectivity index (χ0) is 13.0. The second-order valence-electron chi connectivity index (χ2n) is 4.87. The van der Waals surface area contributed by atoms with Crippen LogP contribution in [0.2, 0.25) is 0 Å². The maximum atomic E-state index is 11.8. The predicted octanol–water partition coefficient (Wildman–Crippen LogP) is 0.776. The van der Waals surface area contributed by atoms with E-state index < -0.39 is 0 Å². The molecule has 1 amide bonds. The van der Waals surface area contributed by atoms with Crippen molar-refractivity contribution in [2.45, 2.75) is 39.2 Å². The Balaban J connectivity index is 1.73. The molecule has 1 fully saturated rings. The van der Waals surface area contributed by atoms with Gasteiger partial charge in [-0.05, 0) is 39.8 Å². The highest BCUT2D eigenvalue weighted by Crippen LogP contribution is 2.09. The van der Waals surface area contributed by atoms with Crippen molar-refractivity contribution in [3.05, 3.63) is 11.6 Å². The van der Waals surface area contributed by atoms with Crippen molar-refractivity contribution in [1.29, 1.82) is 0 Å². The molecule has 2 heterocycles. The first-order chi connectivity index (χ1) is 8.65. The summed E-state index contributed by atoms with van der Waals surface area (Å²) in [5.41, 5.74) is 0. The number of carbonyl (C=O) groups is 1. The number of hydrogen-bond donors (Lipinski definition) is 2. The number of H-pyrrole nitrogens is 1. The molecule has 0 aromatic carbocycles. The summed E-state index contributed by atoms with van der Waals surface area (Å²) in [6.45, 7) is 6.85. The lowest BCUT2D eigenvalue weighted by Gasteiger charge is -2.15. The van der Waals surface area contributed by atoms with Crippen molar-refractivity contribution < 1.29 is 4.79 Å². The average Bonchev–Trinajstić information content (AvgIpc) is 2.97. The fourth-order valence-electron chi connectivity index (χ4n) is 2.20. The lowest BCUT2D eigenvalue weighted by atomic mass is 10.3. The van der Waals surface area contributed by atoms with Gasteiger partial charge >= 0.3 is 0 Å². The average molecular weight is 251 g/mol. The lowest BCUT2D eigenvalue weighted by molar-refractivity contribution is -0.122. The lowest BCUT2D eigenvalue weighted by Crippen LogP contribution is -2.31. The number of carbonyl (C=O) groups excluding carboxylic acids is 1. The third kappa shape index (κ3) is 3.53. The van der Waals surface area contributed by atoms with Gasteiger partial charge in [0.1, 0.15) is 5.82 Å². The first-order valence-electron chi connectivity index (χ1n) is 6.56. The number of nitrogens with one attached hydrogen (secondary N) is 2. The molecule has 1 saturated heterocycles. The normalized spacial score (nSPS) is 17.9. The van der Waals surface area contributed by atoms with Crippen LogP contribution in [0.25, 0.3) is 0 Å². The molecule has 0 radical (unpaired) electrons. The Labute approximate surface area is 107 Å². The highest BCUT2D eigenvalue weighted by molar-refractivity contribution is 5.76. The molecule has 0 bridgehead atoms. The SMILES string of the molecule is Cc1nc([C@@H](C)NC(=O)CCN2CCCC2)n[nH]1. The molecule has 2 N–H and O–H groups in total. The maximum absolute atomic E-state index is 11.8. The quantitative estimate of drug-likeness (QED) is 0.811. The zero-order valence-electron chi connectivity index (χ0n) is 11.1. The fraction of sp³-hybridized carbons (Fsp3) is 0.750. The van der Waals surface area contributed by atoms with E-state index in [0.717, 1.165) is 25.5 Å². The maximum Gasteiger partial charge on any atom is 0.221 e. The fourth-order valence-corrected chi connectivity index (χ4v) is 2.20. The van der Waals surface area contributed by atoms with Crippen molar-refractivity contribution in [1.82, 2.24) is 25.4 Å². The summed E-state index contributed by atoms with van der Waals surface area (Å²) in [7, 11) is 0. The molecule has 0 saturated carbocycles. The smallest absolute Gasteiger partial charge is 0.221 e. The van der Waals surface area contributed by atoms with E-state index in [1.165, 1.54) is 12.8 Å². The molecule has 6 nitrogen and oxygen atoms in total. The van der Waals surface area contributed by atoms with Crippen molar-refractivity contribution in [2.24, 2.45) is 0 Å². The predicted molar refractivity (Wildman–Crippen MR) is 68.0 cm³/mol. The molecule has 1 aliphatic heterocycles. The molecule has 18 heavy (non-hydrogen) atoms. The van der Waals surface area contributed by atoms with E-state index in [2.05, 4.69) is 25.4 Å². The van der Waals surface area contributed by atoms with E-state index in [1.54, 1.807) is 0 Å². The number of hydrogen-bond acceptors (Lipinski definition) is 4. The Morgan fingerprint density at radius 1 is 1.50 bits per heavy atom. The topological polar surface area (TPSA) is 73.9 Å². The third-order valence-corrected chi connectivity index (χ3v) is 3.23. The van der Waals surface area contributed by atoms with Crippen molar-refractivity contribution in [2.75, 3.05) is 19.6 Å². The van der Waals surface area contributed by atoms with Crippen LogP contribution in [0.3, 0.4) is 0 Å². The van der Waals surface area contributed by atoms with Gasteiger partial charge in [-0.25, -0.2) is 4.98 Å². The van der Waals surface area contributed by atoms with Gasteiger partial charge in [0.15, 0.2) is 5.82 Å². The molecule has 0 spiro atoms. The number of nitrogens with zero attached hydrogens (tertiary/aromatic N) is 3. The van der Waals surface area contributed by atoms with E-state index in [-0.39, 0.29) is 11.9 Å². The minimum atomic E-state index is -0.138. The van der Waals surface area contributed by atoms with Crippen LogP contribution < -0.4 is 5.32 Å². The summed E-state index contributed by atoms with van der Waals surface area (Å²) in [6, 6.07) is -0.138. The molecule has 2 rings (SSSR count).